The predicted molar refractivity (Wildman–Crippen MR) is 107 cm³/mol. The second-order valence-corrected chi connectivity index (χ2v) is 6.25. The van der Waals surface area contributed by atoms with Gasteiger partial charge in [0.1, 0.15) is 5.75 Å². The number of carbonyl (C=O) groups excluding carboxylic acids is 1. The van der Waals surface area contributed by atoms with E-state index in [0.29, 0.717) is 5.75 Å². The number of aromatic nitrogens is 1. The van der Waals surface area contributed by atoms with Crippen LogP contribution in [-0.2, 0) is 11.8 Å². The van der Waals surface area contributed by atoms with Gasteiger partial charge < -0.3 is 14.0 Å². The lowest BCUT2D eigenvalue weighted by atomic mass is 9.98. The van der Waals surface area contributed by atoms with Crippen LogP contribution in [0, 0.1) is 0 Å². The molecule has 1 aromatic heterocycles. The predicted octanol–water partition coefficient (Wildman–Crippen LogP) is 5.66. The van der Waals surface area contributed by atoms with Crippen LogP contribution in [0.5, 0.6) is 5.75 Å². The highest BCUT2D eigenvalue weighted by Gasteiger charge is 2.19. The third kappa shape index (κ3) is 3.06. The molecule has 0 atom stereocenters. The van der Waals surface area contributed by atoms with Crippen LogP contribution in [0.15, 0.2) is 78.9 Å². The van der Waals surface area contributed by atoms with E-state index in [1.165, 1.54) is 7.11 Å². The lowest BCUT2D eigenvalue weighted by Gasteiger charge is -2.08. The Bertz CT molecular complexity index is 1100. The van der Waals surface area contributed by atoms with E-state index >= 15 is 0 Å². The zero-order valence-corrected chi connectivity index (χ0v) is 15.2. The van der Waals surface area contributed by atoms with Gasteiger partial charge in [-0.05, 0) is 29.3 Å². The minimum absolute atomic E-state index is 0.455. The SMILES string of the molecule is COC(=O)Oc1ccc2c(c1)c(-c1ccccc1)c(-c1ccccc1)n2C. The van der Waals surface area contributed by atoms with E-state index < -0.39 is 6.16 Å². The molecule has 4 aromatic rings. The zero-order valence-electron chi connectivity index (χ0n) is 15.2. The Balaban J connectivity index is 2.01. The molecule has 0 aliphatic carbocycles. The van der Waals surface area contributed by atoms with Crippen molar-refractivity contribution in [2.24, 2.45) is 7.05 Å². The van der Waals surface area contributed by atoms with Crippen LogP contribution in [-0.4, -0.2) is 17.8 Å². The monoisotopic (exact) mass is 357 g/mol. The van der Waals surface area contributed by atoms with E-state index in [4.69, 9.17) is 4.74 Å². The summed E-state index contributed by atoms with van der Waals surface area (Å²) in [5.41, 5.74) is 5.52. The van der Waals surface area contributed by atoms with Crippen LogP contribution in [0.25, 0.3) is 33.3 Å². The van der Waals surface area contributed by atoms with Gasteiger partial charge in [0, 0.05) is 23.5 Å². The van der Waals surface area contributed by atoms with Crippen LogP contribution in [0.3, 0.4) is 0 Å². The molecule has 0 saturated carbocycles. The number of hydrogen-bond donors (Lipinski definition) is 0. The molecule has 0 aliphatic rings. The Labute approximate surface area is 157 Å². The van der Waals surface area contributed by atoms with Gasteiger partial charge in [-0.25, -0.2) is 4.79 Å². The summed E-state index contributed by atoms with van der Waals surface area (Å²) in [7, 11) is 3.35. The molecule has 4 heteroatoms. The first-order chi connectivity index (χ1) is 13.2. The van der Waals surface area contributed by atoms with E-state index in [1.807, 2.05) is 48.5 Å². The molecule has 4 nitrogen and oxygen atoms in total. The summed E-state index contributed by atoms with van der Waals surface area (Å²) in [4.78, 5) is 11.5. The van der Waals surface area contributed by atoms with E-state index in [0.717, 1.165) is 33.3 Å². The molecule has 3 aromatic carbocycles. The van der Waals surface area contributed by atoms with Crippen molar-refractivity contribution in [3.8, 4) is 28.1 Å². The van der Waals surface area contributed by atoms with Crippen LogP contribution >= 0.6 is 0 Å². The zero-order chi connectivity index (χ0) is 18.8. The van der Waals surface area contributed by atoms with Gasteiger partial charge in [0.25, 0.3) is 0 Å². The molecule has 0 N–H and O–H groups in total. The summed E-state index contributed by atoms with van der Waals surface area (Å²) in [6.07, 6.45) is -0.727. The highest BCUT2D eigenvalue weighted by Crippen LogP contribution is 2.41. The standard InChI is InChI=1S/C23H19NO3/c1-24-20-14-13-18(27-23(25)26-2)15-19(20)21(16-9-5-3-6-10-16)22(24)17-11-7-4-8-12-17/h3-15H,1-2H3. The maximum atomic E-state index is 11.5. The first-order valence-corrected chi connectivity index (χ1v) is 8.68. The number of fused-ring (bicyclic) bond motifs is 1. The van der Waals surface area contributed by atoms with Gasteiger partial charge in [0.05, 0.1) is 12.8 Å². The van der Waals surface area contributed by atoms with Gasteiger partial charge in [0.2, 0.25) is 0 Å². The molecule has 0 radical (unpaired) electrons. The molecule has 0 spiro atoms. The summed E-state index contributed by atoms with van der Waals surface area (Å²) in [5.74, 6) is 0.455. The van der Waals surface area contributed by atoms with E-state index in [1.54, 1.807) is 6.07 Å². The molecule has 4 rings (SSSR count). The van der Waals surface area contributed by atoms with Crippen molar-refractivity contribution in [3.05, 3.63) is 78.9 Å². The van der Waals surface area contributed by atoms with Crippen molar-refractivity contribution in [3.63, 3.8) is 0 Å². The van der Waals surface area contributed by atoms with Crippen molar-refractivity contribution in [1.82, 2.24) is 4.57 Å². The van der Waals surface area contributed by atoms with Crippen LogP contribution in [0.2, 0.25) is 0 Å². The fraction of sp³-hybridized carbons (Fsp3) is 0.0870. The first kappa shape index (κ1) is 16.9. The van der Waals surface area contributed by atoms with Crippen molar-refractivity contribution in [1.29, 1.82) is 0 Å². The van der Waals surface area contributed by atoms with Crippen molar-refractivity contribution in [2.75, 3.05) is 7.11 Å². The average molecular weight is 357 g/mol. The maximum Gasteiger partial charge on any atom is 0.513 e. The minimum atomic E-state index is -0.727. The van der Waals surface area contributed by atoms with Gasteiger partial charge in [-0.1, -0.05) is 60.7 Å². The molecule has 0 amide bonds. The summed E-state index contributed by atoms with van der Waals surface area (Å²) in [5, 5.41) is 1.02. The van der Waals surface area contributed by atoms with Gasteiger partial charge >= 0.3 is 6.16 Å². The molecular formula is C23H19NO3. The van der Waals surface area contributed by atoms with Gasteiger partial charge in [-0.15, -0.1) is 0 Å². The smallest absolute Gasteiger partial charge is 0.437 e. The largest absolute Gasteiger partial charge is 0.513 e. The lowest BCUT2D eigenvalue weighted by molar-refractivity contribution is 0.121. The Morgan fingerprint density at radius 1 is 0.852 bits per heavy atom. The van der Waals surface area contributed by atoms with Crippen molar-refractivity contribution < 1.29 is 14.3 Å². The molecular weight excluding hydrogens is 338 g/mol. The first-order valence-electron chi connectivity index (χ1n) is 8.68. The number of nitrogens with zero attached hydrogens (tertiary/aromatic N) is 1. The summed E-state index contributed by atoms with van der Waals surface area (Å²) >= 11 is 0. The second-order valence-electron chi connectivity index (χ2n) is 6.25. The molecule has 0 aliphatic heterocycles. The number of hydrogen-bond acceptors (Lipinski definition) is 3. The highest BCUT2D eigenvalue weighted by atomic mass is 16.7. The lowest BCUT2D eigenvalue weighted by Crippen LogP contribution is -2.06. The molecule has 134 valence electrons. The Kier molecular flexibility index (Phi) is 4.38. The second kappa shape index (κ2) is 7.00. The molecule has 1 heterocycles. The molecule has 0 saturated heterocycles. The van der Waals surface area contributed by atoms with Crippen LogP contribution in [0.1, 0.15) is 0 Å². The quantitative estimate of drug-likeness (QED) is 0.351. The highest BCUT2D eigenvalue weighted by molar-refractivity contribution is 6.05. The average Bonchev–Trinajstić information content (AvgIpc) is 3.01. The molecule has 27 heavy (non-hydrogen) atoms. The number of benzene rings is 3. The summed E-state index contributed by atoms with van der Waals surface area (Å²) in [6, 6.07) is 26.2. The summed E-state index contributed by atoms with van der Waals surface area (Å²) < 4.78 is 12.0. The van der Waals surface area contributed by atoms with Crippen LogP contribution < -0.4 is 4.74 Å². The van der Waals surface area contributed by atoms with Gasteiger partial charge in [0.15, 0.2) is 0 Å². The van der Waals surface area contributed by atoms with Crippen LogP contribution in [0.4, 0.5) is 4.79 Å². The summed E-state index contributed by atoms with van der Waals surface area (Å²) in [6.45, 7) is 0. The third-order valence-electron chi connectivity index (χ3n) is 4.65. The van der Waals surface area contributed by atoms with E-state index in [2.05, 4.69) is 40.6 Å². The fourth-order valence-corrected chi connectivity index (χ4v) is 3.46. The minimum Gasteiger partial charge on any atom is -0.437 e. The number of rotatable bonds is 3. The molecule has 0 bridgehead atoms. The van der Waals surface area contributed by atoms with E-state index in [9.17, 15) is 4.79 Å². The normalized spacial score (nSPS) is 10.7. The Morgan fingerprint density at radius 2 is 1.48 bits per heavy atom. The number of aryl methyl sites for hydroxylation is 1. The molecule has 0 unspecified atom stereocenters. The molecule has 0 fully saturated rings. The Morgan fingerprint density at radius 3 is 2.11 bits per heavy atom. The Hall–Kier alpha value is -3.53. The van der Waals surface area contributed by atoms with Crippen molar-refractivity contribution in [2.45, 2.75) is 0 Å². The number of ether oxygens (including phenoxy) is 2. The fourth-order valence-electron chi connectivity index (χ4n) is 3.46. The van der Waals surface area contributed by atoms with Crippen molar-refractivity contribution >= 4 is 17.1 Å². The van der Waals surface area contributed by atoms with Gasteiger partial charge in [-0.2, -0.15) is 0 Å². The van der Waals surface area contributed by atoms with E-state index in [-0.39, 0.29) is 0 Å². The van der Waals surface area contributed by atoms with Gasteiger partial charge in [-0.3, -0.25) is 0 Å². The third-order valence-corrected chi connectivity index (χ3v) is 4.65. The maximum absolute atomic E-state index is 11.5. The number of methoxy groups -OCH3 is 1. The topological polar surface area (TPSA) is 40.5 Å². The number of carbonyl (C=O) groups is 1.